The van der Waals surface area contributed by atoms with Crippen LogP contribution in [0.5, 0.6) is 5.75 Å². The van der Waals surface area contributed by atoms with E-state index in [4.69, 9.17) is 4.74 Å². The standard InChI is InChI=1S/C26H23FN2O3/c1-3-16-32-22-7-5-4-6-21(22)29-25(30)23(18-10-12-19(27)13-11-18)24(26(29)31)28-20-14-8-17(2)9-15-20/h4-15,28H,3,16H2,1-2H3. The first-order valence-electron chi connectivity index (χ1n) is 10.4. The number of hydrogen-bond acceptors (Lipinski definition) is 4. The van der Waals surface area contributed by atoms with E-state index >= 15 is 0 Å². The lowest BCUT2D eigenvalue weighted by Crippen LogP contribution is -2.32. The highest BCUT2D eigenvalue weighted by atomic mass is 19.1. The largest absolute Gasteiger partial charge is 0.491 e. The predicted octanol–water partition coefficient (Wildman–Crippen LogP) is 5.32. The molecular weight excluding hydrogens is 407 g/mol. The molecule has 0 radical (unpaired) electrons. The van der Waals surface area contributed by atoms with E-state index in [1.54, 1.807) is 24.3 Å². The van der Waals surface area contributed by atoms with Crippen LogP contribution in [-0.2, 0) is 9.59 Å². The fourth-order valence-electron chi connectivity index (χ4n) is 3.51. The van der Waals surface area contributed by atoms with Gasteiger partial charge in [0.2, 0.25) is 0 Å². The van der Waals surface area contributed by atoms with Gasteiger partial charge in [-0.25, -0.2) is 9.29 Å². The monoisotopic (exact) mass is 430 g/mol. The van der Waals surface area contributed by atoms with Crippen LogP contribution >= 0.6 is 0 Å². The van der Waals surface area contributed by atoms with Gasteiger partial charge in [-0.15, -0.1) is 0 Å². The van der Waals surface area contributed by atoms with E-state index in [1.807, 2.05) is 38.1 Å². The molecule has 3 aromatic rings. The highest BCUT2D eigenvalue weighted by molar-refractivity contribution is 6.46. The van der Waals surface area contributed by atoms with Gasteiger partial charge in [-0.2, -0.15) is 0 Å². The van der Waals surface area contributed by atoms with Gasteiger partial charge in [0.15, 0.2) is 0 Å². The lowest BCUT2D eigenvalue weighted by atomic mass is 10.0. The van der Waals surface area contributed by atoms with Crippen molar-refractivity contribution < 1.29 is 18.7 Å². The van der Waals surface area contributed by atoms with Crippen molar-refractivity contribution in [3.8, 4) is 5.75 Å². The van der Waals surface area contributed by atoms with Crippen molar-refractivity contribution in [2.24, 2.45) is 0 Å². The van der Waals surface area contributed by atoms with Crippen molar-refractivity contribution in [2.75, 3.05) is 16.8 Å². The number of benzene rings is 3. The Morgan fingerprint density at radius 1 is 0.906 bits per heavy atom. The summed E-state index contributed by atoms with van der Waals surface area (Å²) in [5.74, 6) is -0.966. The molecule has 1 aliphatic heterocycles. The highest BCUT2D eigenvalue weighted by Gasteiger charge is 2.41. The molecule has 0 spiro atoms. The lowest BCUT2D eigenvalue weighted by molar-refractivity contribution is -0.120. The van der Waals surface area contributed by atoms with Gasteiger partial charge in [0.1, 0.15) is 17.3 Å². The van der Waals surface area contributed by atoms with Crippen molar-refractivity contribution >= 4 is 28.8 Å². The summed E-state index contributed by atoms with van der Waals surface area (Å²) in [7, 11) is 0. The Labute approximate surface area is 186 Å². The molecular formula is C26H23FN2O3. The van der Waals surface area contributed by atoms with Crippen molar-refractivity contribution in [3.05, 3.63) is 95.4 Å². The Morgan fingerprint density at radius 3 is 2.28 bits per heavy atom. The van der Waals surface area contributed by atoms with Crippen molar-refractivity contribution in [1.29, 1.82) is 0 Å². The van der Waals surface area contributed by atoms with Gasteiger partial charge in [0.05, 0.1) is 17.9 Å². The van der Waals surface area contributed by atoms with Crippen LogP contribution < -0.4 is 15.0 Å². The predicted molar refractivity (Wildman–Crippen MR) is 123 cm³/mol. The lowest BCUT2D eigenvalue weighted by Gasteiger charge is -2.19. The number of halogens is 1. The second kappa shape index (κ2) is 9.06. The van der Waals surface area contributed by atoms with E-state index in [-0.39, 0.29) is 11.3 Å². The zero-order chi connectivity index (χ0) is 22.7. The number of nitrogens with one attached hydrogen (secondary N) is 1. The summed E-state index contributed by atoms with van der Waals surface area (Å²) in [6, 6.07) is 20.0. The molecule has 0 aliphatic carbocycles. The van der Waals surface area contributed by atoms with Gasteiger partial charge in [0.25, 0.3) is 11.8 Å². The zero-order valence-electron chi connectivity index (χ0n) is 17.9. The minimum absolute atomic E-state index is 0.135. The Balaban J connectivity index is 1.80. The van der Waals surface area contributed by atoms with E-state index in [2.05, 4.69) is 5.32 Å². The van der Waals surface area contributed by atoms with E-state index < -0.39 is 17.6 Å². The van der Waals surface area contributed by atoms with E-state index in [0.717, 1.165) is 16.9 Å². The van der Waals surface area contributed by atoms with Gasteiger partial charge in [-0.1, -0.05) is 48.9 Å². The maximum Gasteiger partial charge on any atom is 0.282 e. The molecule has 3 aromatic carbocycles. The van der Waals surface area contributed by atoms with Crippen LogP contribution in [0, 0.1) is 12.7 Å². The quantitative estimate of drug-likeness (QED) is 0.516. The third kappa shape index (κ3) is 4.12. The molecule has 6 heteroatoms. The number of anilines is 2. The fourth-order valence-corrected chi connectivity index (χ4v) is 3.51. The number of imide groups is 1. The first-order valence-corrected chi connectivity index (χ1v) is 10.4. The van der Waals surface area contributed by atoms with Gasteiger partial charge in [0, 0.05) is 5.69 Å². The van der Waals surface area contributed by atoms with Gasteiger partial charge < -0.3 is 10.1 Å². The number of nitrogens with zero attached hydrogens (tertiary/aromatic N) is 1. The van der Waals surface area contributed by atoms with E-state index in [1.165, 1.54) is 24.3 Å². The topological polar surface area (TPSA) is 58.6 Å². The molecule has 0 aromatic heterocycles. The summed E-state index contributed by atoms with van der Waals surface area (Å²) in [5.41, 5.74) is 2.88. The van der Waals surface area contributed by atoms with E-state index in [0.29, 0.717) is 29.3 Å². The Kier molecular flexibility index (Phi) is 6.03. The average molecular weight is 430 g/mol. The summed E-state index contributed by atoms with van der Waals surface area (Å²) in [6.07, 6.45) is 0.787. The normalized spacial score (nSPS) is 13.7. The number of aryl methyl sites for hydroxylation is 1. The third-order valence-corrected chi connectivity index (χ3v) is 5.11. The molecule has 32 heavy (non-hydrogen) atoms. The first kappa shape index (κ1) is 21.3. The van der Waals surface area contributed by atoms with Gasteiger partial charge >= 0.3 is 0 Å². The number of rotatable bonds is 7. The Morgan fingerprint density at radius 2 is 1.59 bits per heavy atom. The van der Waals surface area contributed by atoms with Crippen LogP contribution in [0.25, 0.3) is 5.57 Å². The maximum absolute atomic E-state index is 13.5. The molecule has 1 N–H and O–H groups in total. The molecule has 2 amide bonds. The van der Waals surface area contributed by atoms with Gasteiger partial charge in [-0.3, -0.25) is 9.59 Å². The summed E-state index contributed by atoms with van der Waals surface area (Å²) in [4.78, 5) is 28.2. The third-order valence-electron chi connectivity index (χ3n) is 5.11. The molecule has 162 valence electrons. The van der Waals surface area contributed by atoms with Crippen molar-refractivity contribution in [1.82, 2.24) is 0 Å². The van der Waals surface area contributed by atoms with Gasteiger partial charge in [-0.05, 0) is 55.3 Å². The first-order chi connectivity index (χ1) is 15.5. The molecule has 0 saturated heterocycles. The minimum Gasteiger partial charge on any atom is -0.491 e. The zero-order valence-corrected chi connectivity index (χ0v) is 17.9. The SMILES string of the molecule is CCCOc1ccccc1N1C(=O)C(Nc2ccc(C)cc2)=C(c2ccc(F)cc2)C1=O. The number of carbonyl (C=O) groups excluding carboxylic acids is 2. The van der Waals surface area contributed by atoms with Crippen LogP contribution in [0.3, 0.4) is 0 Å². The van der Waals surface area contributed by atoms with Crippen LogP contribution in [-0.4, -0.2) is 18.4 Å². The average Bonchev–Trinajstić information content (AvgIpc) is 3.04. The Bertz CT molecular complexity index is 1180. The molecule has 1 heterocycles. The maximum atomic E-state index is 13.5. The van der Waals surface area contributed by atoms with Crippen LogP contribution in [0.2, 0.25) is 0 Å². The molecule has 0 bridgehead atoms. The Hall–Kier alpha value is -3.93. The molecule has 0 fully saturated rings. The molecule has 5 nitrogen and oxygen atoms in total. The summed E-state index contributed by atoms with van der Waals surface area (Å²) in [6.45, 7) is 4.40. The number of para-hydroxylation sites is 2. The molecule has 0 saturated carbocycles. The van der Waals surface area contributed by atoms with Crippen LogP contribution in [0.15, 0.2) is 78.5 Å². The molecule has 0 atom stereocenters. The minimum atomic E-state index is -0.498. The number of hydrogen-bond donors (Lipinski definition) is 1. The fraction of sp³-hybridized carbons (Fsp3) is 0.154. The number of carbonyl (C=O) groups is 2. The molecule has 0 unspecified atom stereocenters. The number of ether oxygens (including phenoxy) is 1. The smallest absolute Gasteiger partial charge is 0.282 e. The highest BCUT2D eigenvalue weighted by Crippen LogP contribution is 2.38. The molecule has 1 aliphatic rings. The van der Waals surface area contributed by atoms with Crippen molar-refractivity contribution in [3.63, 3.8) is 0 Å². The molecule has 4 rings (SSSR count). The van der Waals surface area contributed by atoms with Crippen LogP contribution in [0.1, 0.15) is 24.5 Å². The summed E-state index contributed by atoms with van der Waals surface area (Å²) in [5, 5.41) is 3.11. The van der Waals surface area contributed by atoms with Crippen LogP contribution in [0.4, 0.5) is 15.8 Å². The summed E-state index contributed by atoms with van der Waals surface area (Å²) >= 11 is 0. The summed E-state index contributed by atoms with van der Waals surface area (Å²) < 4.78 is 19.3. The van der Waals surface area contributed by atoms with Crippen molar-refractivity contribution in [2.45, 2.75) is 20.3 Å². The van der Waals surface area contributed by atoms with E-state index in [9.17, 15) is 14.0 Å². The number of amides is 2. The second-order valence-corrected chi connectivity index (χ2v) is 7.51. The second-order valence-electron chi connectivity index (χ2n) is 7.51.